The van der Waals surface area contributed by atoms with E-state index in [9.17, 15) is 9.59 Å². The van der Waals surface area contributed by atoms with Gasteiger partial charge in [0.05, 0.1) is 0 Å². The maximum Gasteiger partial charge on any atom is 0.164 e. The van der Waals surface area contributed by atoms with Gasteiger partial charge in [-0.25, -0.2) is 0 Å². The lowest BCUT2D eigenvalue weighted by atomic mass is 9.94. The third-order valence-corrected chi connectivity index (χ3v) is 7.47. The molecule has 36 heavy (non-hydrogen) atoms. The molecule has 3 rings (SSSR count). The Morgan fingerprint density at radius 1 is 0.778 bits per heavy atom. The van der Waals surface area contributed by atoms with Crippen LogP contribution in [0.3, 0.4) is 0 Å². The van der Waals surface area contributed by atoms with Gasteiger partial charge in [0.1, 0.15) is 0 Å². The minimum Gasteiger partial charge on any atom is -0.296 e. The van der Waals surface area contributed by atoms with E-state index in [0.29, 0.717) is 32.4 Å². The van der Waals surface area contributed by atoms with Gasteiger partial charge in [0, 0.05) is 79.4 Å². The van der Waals surface area contributed by atoms with Crippen LogP contribution in [0.4, 0.5) is 0 Å². The molecule has 0 saturated carbocycles. The predicted molar refractivity (Wildman–Crippen MR) is 151 cm³/mol. The Morgan fingerprint density at radius 3 is 1.94 bits per heavy atom. The third kappa shape index (κ3) is 7.26. The number of nitrogens with zero attached hydrogens (tertiary/aromatic N) is 2. The van der Waals surface area contributed by atoms with Gasteiger partial charge in [0.2, 0.25) is 0 Å². The number of fused-ring (bicyclic) bond motifs is 2. The molecule has 0 aromatic heterocycles. The van der Waals surface area contributed by atoms with Gasteiger partial charge in [-0.2, -0.15) is 0 Å². The van der Waals surface area contributed by atoms with E-state index in [0.717, 1.165) is 58.2 Å². The summed E-state index contributed by atoms with van der Waals surface area (Å²) >= 11 is 1.65. The smallest absolute Gasteiger partial charge is 0.164 e. The van der Waals surface area contributed by atoms with Crippen LogP contribution in [0.5, 0.6) is 0 Å². The second kappa shape index (κ2) is 13.9. The summed E-state index contributed by atoms with van der Waals surface area (Å²) in [6.07, 6.45) is 9.00. The minimum absolute atomic E-state index is 0.134. The molecule has 0 bridgehead atoms. The van der Waals surface area contributed by atoms with Crippen LogP contribution in [0.15, 0.2) is 96.8 Å². The molecule has 1 aliphatic rings. The quantitative estimate of drug-likeness (QED) is 0.172. The Labute approximate surface area is 220 Å². The van der Waals surface area contributed by atoms with Gasteiger partial charge in [-0.05, 0) is 23.3 Å². The molecular weight excluding hydrogens is 464 g/mol. The fourth-order valence-electron chi connectivity index (χ4n) is 4.43. The van der Waals surface area contributed by atoms with E-state index >= 15 is 0 Å². The van der Waals surface area contributed by atoms with Gasteiger partial charge in [0.25, 0.3) is 0 Å². The van der Waals surface area contributed by atoms with E-state index in [2.05, 4.69) is 42.2 Å². The molecule has 0 aliphatic carbocycles. The number of carbonyl (C=O) groups is 2. The molecule has 4 nitrogen and oxygen atoms in total. The van der Waals surface area contributed by atoms with Gasteiger partial charge >= 0.3 is 0 Å². The van der Waals surface area contributed by atoms with Crippen LogP contribution in [0.2, 0.25) is 0 Å². The lowest BCUT2D eigenvalue weighted by Gasteiger charge is -2.23. The molecule has 0 fully saturated rings. The maximum atomic E-state index is 13.2. The first-order valence-electron chi connectivity index (χ1n) is 12.4. The molecule has 5 heteroatoms. The van der Waals surface area contributed by atoms with Crippen molar-refractivity contribution in [3.05, 3.63) is 109 Å². The van der Waals surface area contributed by atoms with E-state index in [4.69, 9.17) is 0 Å². The first-order chi connectivity index (χ1) is 17.5. The highest BCUT2D eigenvalue weighted by molar-refractivity contribution is 7.99. The van der Waals surface area contributed by atoms with Crippen molar-refractivity contribution in [3.63, 3.8) is 0 Å². The number of hydrogen-bond donors (Lipinski definition) is 0. The number of Topliss-reactive ketones (excluding diaryl/α,β-unsaturated/α-hetero) is 2. The number of hydrogen-bond acceptors (Lipinski definition) is 5. The zero-order valence-electron chi connectivity index (χ0n) is 21.1. The Kier molecular flexibility index (Phi) is 10.7. The van der Waals surface area contributed by atoms with Crippen molar-refractivity contribution in [3.8, 4) is 0 Å². The van der Waals surface area contributed by atoms with Gasteiger partial charge in [-0.15, -0.1) is 26.3 Å². The first-order valence-corrected chi connectivity index (χ1v) is 13.2. The second-order valence-electron chi connectivity index (χ2n) is 8.90. The fourth-order valence-corrected chi connectivity index (χ4v) is 5.57. The van der Waals surface area contributed by atoms with E-state index in [-0.39, 0.29) is 11.6 Å². The average Bonchev–Trinajstić information content (AvgIpc) is 2.88. The molecule has 2 aromatic rings. The maximum absolute atomic E-state index is 13.2. The molecule has 188 valence electrons. The van der Waals surface area contributed by atoms with Crippen LogP contribution < -0.4 is 0 Å². The topological polar surface area (TPSA) is 40.6 Å². The molecule has 1 aliphatic heterocycles. The molecule has 2 aromatic carbocycles. The van der Waals surface area contributed by atoms with Gasteiger partial charge in [-0.3, -0.25) is 19.4 Å². The molecule has 1 heterocycles. The third-order valence-electron chi connectivity index (χ3n) is 6.27. The van der Waals surface area contributed by atoms with E-state index in [1.165, 1.54) is 0 Å². The van der Waals surface area contributed by atoms with Crippen molar-refractivity contribution in [2.24, 2.45) is 0 Å². The minimum atomic E-state index is 0.134. The van der Waals surface area contributed by atoms with Crippen molar-refractivity contribution < 1.29 is 9.59 Å². The summed E-state index contributed by atoms with van der Waals surface area (Å²) in [7, 11) is 0. The zero-order chi connectivity index (χ0) is 25.9. The Bertz CT molecular complexity index is 1120. The molecule has 0 unspecified atom stereocenters. The van der Waals surface area contributed by atoms with Crippen molar-refractivity contribution >= 4 is 23.3 Å². The highest BCUT2D eigenvalue weighted by atomic mass is 32.2. The molecule has 0 saturated heterocycles. The summed E-state index contributed by atoms with van der Waals surface area (Å²) in [6, 6.07) is 11.9. The SMILES string of the molecule is C=CCN(CC=C)CCC(=O)c1ccc2c(c1)Sc1cccc(C(=O)CCN(CC=C)CC=C)c1C2. The van der Waals surface area contributed by atoms with E-state index in [1.54, 1.807) is 11.8 Å². The lowest BCUT2D eigenvalue weighted by Crippen LogP contribution is -2.27. The Hall–Kier alpha value is -2.99. The molecule has 0 amide bonds. The summed E-state index contributed by atoms with van der Waals surface area (Å²) in [6.45, 7) is 19.5. The van der Waals surface area contributed by atoms with E-state index in [1.807, 2.05) is 54.6 Å². The Balaban J connectivity index is 1.70. The molecule has 0 N–H and O–H groups in total. The van der Waals surface area contributed by atoms with Crippen LogP contribution in [-0.2, 0) is 6.42 Å². The monoisotopic (exact) mass is 500 g/mol. The summed E-state index contributed by atoms with van der Waals surface area (Å²) in [5, 5.41) is 0. The van der Waals surface area contributed by atoms with E-state index < -0.39 is 0 Å². The molecular formula is C31H36N2O2S. The number of rotatable bonds is 16. The lowest BCUT2D eigenvalue weighted by molar-refractivity contribution is 0.0960. The zero-order valence-corrected chi connectivity index (χ0v) is 21.9. The number of benzene rings is 2. The van der Waals surface area contributed by atoms with Gasteiger partial charge < -0.3 is 0 Å². The molecule has 0 spiro atoms. The molecule has 0 atom stereocenters. The predicted octanol–water partition coefficient (Wildman–Crippen LogP) is 6.24. The van der Waals surface area contributed by atoms with Crippen molar-refractivity contribution in [1.82, 2.24) is 9.80 Å². The van der Waals surface area contributed by atoms with Gasteiger partial charge in [0.15, 0.2) is 11.6 Å². The summed E-state index contributed by atoms with van der Waals surface area (Å²) in [4.78, 5) is 32.5. The Morgan fingerprint density at radius 2 is 1.36 bits per heavy atom. The van der Waals surface area contributed by atoms with Crippen LogP contribution in [0.1, 0.15) is 44.7 Å². The second-order valence-corrected chi connectivity index (χ2v) is 9.99. The van der Waals surface area contributed by atoms with Crippen LogP contribution in [0.25, 0.3) is 0 Å². The summed E-state index contributed by atoms with van der Waals surface area (Å²) < 4.78 is 0. The first kappa shape index (κ1) is 27.6. The standard InChI is InChI=1S/C31H36N2O2S/c1-5-16-32(17-6-2)20-14-28(34)24-12-13-25-22-27-26(10-9-11-30(27)36-31(25)23-24)29(35)15-21-33(18-7-3)19-8-4/h5-13,23H,1-4,14-22H2. The van der Waals surface area contributed by atoms with Crippen LogP contribution in [-0.4, -0.2) is 60.6 Å². The normalized spacial score (nSPS) is 12.1. The highest BCUT2D eigenvalue weighted by Gasteiger charge is 2.23. The van der Waals surface area contributed by atoms with Crippen molar-refractivity contribution in [2.45, 2.75) is 29.1 Å². The van der Waals surface area contributed by atoms with Gasteiger partial charge in [-0.1, -0.05) is 60.3 Å². The fraction of sp³-hybridized carbons (Fsp3) is 0.290. The summed E-state index contributed by atoms with van der Waals surface area (Å²) in [5.41, 5.74) is 3.78. The number of ketones is 2. The molecule has 0 radical (unpaired) electrons. The van der Waals surface area contributed by atoms with Crippen molar-refractivity contribution in [2.75, 3.05) is 39.3 Å². The largest absolute Gasteiger partial charge is 0.296 e. The number of carbonyl (C=O) groups excluding carboxylic acids is 2. The summed E-state index contributed by atoms with van der Waals surface area (Å²) in [5.74, 6) is 0.291. The average molecular weight is 501 g/mol. The highest BCUT2D eigenvalue weighted by Crippen LogP contribution is 2.41. The van der Waals surface area contributed by atoms with Crippen LogP contribution in [0, 0.1) is 0 Å². The van der Waals surface area contributed by atoms with Crippen molar-refractivity contribution in [1.29, 1.82) is 0 Å². The van der Waals surface area contributed by atoms with Crippen LogP contribution >= 0.6 is 11.8 Å².